The number of aliphatic carboxylic acids is 1. The van der Waals surface area contributed by atoms with Crippen LogP contribution in [0.1, 0.15) is 70.4 Å². The van der Waals surface area contributed by atoms with Crippen LogP contribution in [-0.4, -0.2) is 46.6 Å². The van der Waals surface area contributed by atoms with Crippen molar-refractivity contribution in [3.63, 3.8) is 0 Å². The maximum atomic E-state index is 12.3. The Morgan fingerprint density at radius 2 is 1.30 bits per heavy atom. The van der Waals surface area contributed by atoms with E-state index in [0.29, 0.717) is 6.54 Å². The Bertz CT molecular complexity index is 1600. The van der Waals surface area contributed by atoms with Crippen LogP contribution in [0.4, 0.5) is 5.69 Å². The first kappa shape index (κ1) is 34.0. The van der Waals surface area contributed by atoms with Crippen molar-refractivity contribution in [3.05, 3.63) is 96.1 Å². The first-order valence-corrected chi connectivity index (χ1v) is 16.4. The molecule has 1 aromatic heterocycles. The Hall–Kier alpha value is -4.91. The molecule has 0 fully saturated rings. The van der Waals surface area contributed by atoms with Crippen LogP contribution in [0.2, 0.25) is 0 Å². The molecule has 7 heteroatoms. The standard InChI is InChI=1S/C39H46N4O3/c1-4-7-8-9-10-11-28-40-35(44)26-16-29-12-18-31(19-13-29)37-38(32-20-14-30(15-21-32)17-27-36(45)46)42-39(41-37)33-22-24-34(25-23-33)43(5-2)6-3/h12-27H,4-11,28H2,1-3H3,(H,40,44)(H,41,42)(H,45,46)/b26-16+,27-17+. The van der Waals surface area contributed by atoms with Gasteiger partial charge in [-0.15, -0.1) is 0 Å². The Balaban J connectivity index is 1.54. The van der Waals surface area contributed by atoms with Crippen molar-refractivity contribution in [2.75, 3.05) is 24.5 Å². The lowest BCUT2D eigenvalue weighted by atomic mass is 10.0. The van der Waals surface area contributed by atoms with E-state index in [9.17, 15) is 9.59 Å². The van der Waals surface area contributed by atoms with Gasteiger partial charge in [0.25, 0.3) is 0 Å². The van der Waals surface area contributed by atoms with Gasteiger partial charge < -0.3 is 20.3 Å². The molecular formula is C39H46N4O3. The summed E-state index contributed by atoms with van der Waals surface area (Å²) < 4.78 is 0. The number of aromatic nitrogens is 2. The zero-order valence-corrected chi connectivity index (χ0v) is 27.3. The van der Waals surface area contributed by atoms with Crippen LogP contribution in [0.3, 0.4) is 0 Å². The van der Waals surface area contributed by atoms with E-state index in [0.717, 1.165) is 77.0 Å². The Morgan fingerprint density at radius 3 is 1.91 bits per heavy atom. The number of anilines is 1. The molecule has 46 heavy (non-hydrogen) atoms. The fourth-order valence-corrected chi connectivity index (χ4v) is 5.37. The molecule has 0 spiro atoms. The molecule has 3 N–H and O–H groups in total. The maximum absolute atomic E-state index is 12.3. The summed E-state index contributed by atoms with van der Waals surface area (Å²) in [5, 5.41) is 12.0. The van der Waals surface area contributed by atoms with Crippen LogP contribution < -0.4 is 10.2 Å². The molecule has 0 unspecified atom stereocenters. The average molecular weight is 619 g/mol. The number of benzene rings is 3. The number of hydrogen-bond acceptors (Lipinski definition) is 4. The number of rotatable bonds is 17. The molecule has 0 aliphatic heterocycles. The van der Waals surface area contributed by atoms with Gasteiger partial charge >= 0.3 is 5.97 Å². The molecule has 4 aromatic rings. The number of carbonyl (C=O) groups is 2. The van der Waals surface area contributed by atoms with E-state index in [1.54, 1.807) is 12.2 Å². The molecule has 0 aliphatic carbocycles. The smallest absolute Gasteiger partial charge is 0.328 e. The highest BCUT2D eigenvalue weighted by molar-refractivity contribution is 5.92. The lowest BCUT2D eigenvalue weighted by Gasteiger charge is -2.20. The highest BCUT2D eigenvalue weighted by Gasteiger charge is 2.16. The summed E-state index contributed by atoms with van der Waals surface area (Å²) in [4.78, 5) is 34.2. The van der Waals surface area contributed by atoms with Gasteiger partial charge in [0, 0.05) is 54.2 Å². The van der Waals surface area contributed by atoms with Crippen molar-refractivity contribution in [3.8, 4) is 33.9 Å². The molecular weight excluding hydrogens is 572 g/mol. The molecule has 0 saturated carbocycles. The molecule has 1 heterocycles. The maximum Gasteiger partial charge on any atom is 0.328 e. The third-order valence-electron chi connectivity index (χ3n) is 8.03. The van der Waals surface area contributed by atoms with Gasteiger partial charge in [0.05, 0.1) is 11.4 Å². The number of amides is 1. The fraction of sp³-hybridized carbons (Fsp3) is 0.308. The predicted molar refractivity (Wildman–Crippen MR) is 191 cm³/mol. The summed E-state index contributed by atoms with van der Waals surface area (Å²) in [6.45, 7) is 9.10. The number of nitrogens with zero attached hydrogens (tertiary/aromatic N) is 2. The van der Waals surface area contributed by atoms with E-state index in [4.69, 9.17) is 10.1 Å². The third-order valence-corrected chi connectivity index (χ3v) is 8.03. The molecule has 0 aliphatic rings. The van der Waals surface area contributed by atoms with Gasteiger partial charge in [0.2, 0.25) is 5.91 Å². The van der Waals surface area contributed by atoms with Gasteiger partial charge in [0.15, 0.2) is 0 Å². The van der Waals surface area contributed by atoms with E-state index in [-0.39, 0.29) is 5.91 Å². The van der Waals surface area contributed by atoms with Crippen LogP contribution in [0.5, 0.6) is 0 Å². The second-order valence-electron chi connectivity index (χ2n) is 11.3. The van der Waals surface area contributed by atoms with Gasteiger partial charge in [-0.3, -0.25) is 4.79 Å². The average Bonchev–Trinajstić information content (AvgIpc) is 3.53. The quantitative estimate of drug-likeness (QED) is 0.0811. The predicted octanol–water partition coefficient (Wildman–Crippen LogP) is 8.84. The summed E-state index contributed by atoms with van der Waals surface area (Å²) >= 11 is 0. The topological polar surface area (TPSA) is 98.3 Å². The molecule has 3 aromatic carbocycles. The number of carboxylic acids is 1. The molecule has 4 rings (SSSR count). The summed E-state index contributed by atoms with van der Waals surface area (Å²) in [5.41, 5.74) is 7.44. The lowest BCUT2D eigenvalue weighted by Crippen LogP contribution is -2.21. The zero-order chi connectivity index (χ0) is 32.7. The number of nitrogens with one attached hydrogen (secondary N) is 2. The number of aromatic amines is 1. The molecule has 1 amide bonds. The summed E-state index contributed by atoms with van der Waals surface area (Å²) in [7, 11) is 0. The molecule has 0 radical (unpaired) electrons. The highest BCUT2D eigenvalue weighted by Crippen LogP contribution is 2.34. The monoisotopic (exact) mass is 618 g/mol. The number of carboxylic acid groups (broad SMARTS) is 1. The highest BCUT2D eigenvalue weighted by atomic mass is 16.4. The van der Waals surface area contributed by atoms with E-state index < -0.39 is 5.97 Å². The molecule has 0 atom stereocenters. The van der Waals surface area contributed by atoms with Crippen molar-refractivity contribution in [1.82, 2.24) is 15.3 Å². The number of carbonyl (C=O) groups excluding carboxylic acids is 1. The second-order valence-corrected chi connectivity index (χ2v) is 11.3. The summed E-state index contributed by atoms with van der Waals surface area (Å²) in [6, 6.07) is 24.2. The minimum absolute atomic E-state index is 0.0782. The van der Waals surface area contributed by atoms with Gasteiger partial charge in [-0.2, -0.15) is 0 Å². The van der Waals surface area contributed by atoms with Gasteiger partial charge in [0.1, 0.15) is 5.82 Å². The van der Waals surface area contributed by atoms with Crippen molar-refractivity contribution in [1.29, 1.82) is 0 Å². The van der Waals surface area contributed by atoms with Crippen molar-refractivity contribution in [2.45, 2.75) is 59.3 Å². The molecule has 0 saturated heterocycles. The van der Waals surface area contributed by atoms with Crippen LogP contribution in [-0.2, 0) is 9.59 Å². The van der Waals surface area contributed by atoms with Crippen LogP contribution in [0.15, 0.2) is 84.9 Å². The van der Waals surface area contributed by atoms with Crippen molar-refractivity contribution in [2.24, 2.45) is 0 Å². The summed E-state index contributed by atoms with van der Waals surface area (Å²) in [6.07, 6.45) is 13.3. The third kappa shape index (κ3) is 9.80. The Kier molecular flexibility index (Phi) is 13.0. The first-order valence-electron chi connectivity index (χ1n) is 16.4. The van der Waals surface area contributed by atoms with Gasteiger partial charge in [-0.25, -0.2) is 9.78 Å². The molecule has 7 nitrogen and oxygen atoms in total. The van der Waals surface area contributed by atoms with Gasteiger partial charge in [-0.05, 0) is 67.8 Å². The summed E-state index contributed by atoms with van der Waals surface area (Å²) in [5.74, 6) is -0.300. The van der Waals surface area contributed by atoms with Crippen LogP contribution >= 0.6 is 0 Å². The minimum Gasteiger partial charge on any atom is -0.478 e. The van der Waals surface area contributed by atoms with Gasteiger partial charge in [-0.1, -0.05) is 87.6 Å². The minimum atomic E-state index is -0.983. The molecule has 240 valence electrons. The zero-order valence-electron chi connectivity index (χ0n) is 27.3. The SMILES string of the molecule is CCCCCCCCNC(=O)/C=C/c1ccc(-c2nc(-c3ccc(N(CC)CC)cc3)[nH]c2-c2ccc(/C=C/C(=O)O)cc2)cc1. The fourth-order valence-electron chi connectivity index (χ4n) is 5.37. The Labute approximate surface area is 273 Å². The normalized spacial score (nSPS) is 11.4. The van der Waals surface area contributed by atoms with Crippen molar-refractivity contribution < 1.29 is 14.7 Å². The largest absolute Gasteiger partial charge is 0.478 e. The molecule has 0 bridgehead atoms. The Morgan fingerprint density at radius 1 is 0.739 bits per heavy atom. The lowest BCUT2D eigenvalue weighted by molar-refractivity contribution is -0.131. The van der Waals surface area contributed by atoms with Crippen LogP contribution in [0.25, 0.3) is 46.1 Å². The van der Waals surface area contributed by atoms with Crippen LogP contribution in [0, 0.1) is 0 Å². The first-order chi connectivity index (χ1) is 22.4. The number of unbranched alkanes of at least 4 members (excludes halogenated alkanes) is 5. The van der Waals surface area contributed by atoms with E-state index in [2.05, 4.69) is 60.2 Å². The second kappa shape index (κ2) is 17.5. The number of imidazole rings is 1. The van der Waals surface area contributed by atoms with E-state index >= 15 is 0 Å². The van der Waals surface area contributed by atoms with E-state index in [1.165, 1.54) is 31.4 Å². The van der Waals surface area contributed by atoms with Crippen molar-refractivity contribution >= 4 is 29.7 Å². The van der Waals surface area contributed by atoms with E-state index in [1.807, 2.05) is 54.6 Å². The number of hydrogen-bond donors (Lipinski definition) is 3. The number of H-pyrrole nitrogens is 1.